The first kappa shape index (κ1) is 16.8. The van der Waals surface area contributed by atoms with Crippen LogP contribution >= 0.6 is 0 Å². The minimum atomic E-state index is -2.58. The molecule has 0 aromatic carbocycles. The minimum Gasteiger partial charge on any atom is -0.375 e. The quantitative estimate of drug-likeness (QED) is 0.757. The van der Waals surface area contributed by atoms with Gasteiger partial charge in [0.1, 0.15) is 0 Å². The van der Waals surface area contributed by atoms with Gasteiger partial charge in [-0.05, 0) is 26.7 Å². The van der Waals surface area contributed by atoms with Crippen molar-refractivity contribution in [2.75, 3.05) is 19.6 Å². The SMILES string of the molecule is CC.CC(C)OC1CCN(CC(C)(F)F)CC1. The summed E-state index contributed by atoms with van der Waals surface area (Å²) in [6, 6.07) is 0. The monoisotopic (exact) mass is 251 g/mol. The van der Waals surface area contributed by atoms with Gasteiger partial charge in [-0.25, -0.2) is 8.78 Å². The highest BCUT2D eigenvalue weighted by atomic mass is 19.3. The van der Waals surface area contributed by atoms with E-state index < -0.39 is 5.92 Å². The van der Waals surface area contributed by atoms with E-state index in [9.17, 15) is 8.78 Å². The summed E-state index contributed by atoms with van der Waals surface area (Å²) >= 11 is 0. The summed E-state index contributed by atoms with van der Waals surface area (Å²) in [5, 5.41) is 0. The molecule has 1 fully saturated rings. The molecule has 1 heterocycles. The molecule has 0 amide bonds. The van der Waals surface area contributed by atoms with Gasteiger partial charge in [-0.3, -0.25) is 4.90 Å². The molecule has 4 heteroatoms. The smallest absolute Gasteiger partial charge is 0.257 e. The van der Waals surface area contributed by atoms with Crippen molar-refractivity contribution in [3.05, 3.63) is 0 Å². The zero-order chi connectivity index (χ0) is 13.5. The van der Waals surface area contributed by atoms with Crippen LogP contribution in [0.25, 0.3) is 0 Å². The molecule has 0 bridgehead atoms. The molecule has 0 aromatic heterocycles. The maximum Gasteiger partial charge on any atom is 0.257 e. The Morgan fingerprint density at radius 1 is 1.24 bits per heavy atom. The fourth-order valence-corrected chi connectivity index (χ4v) is 1.98. The number of ether oxygens (including phenoxy) is 1. The summed E-state index contributed by atoms with van der Waals surface area (Å²) in [5.41, 5.74) is 0. The molecule has 0 saturated carbocycles. The molecular weight excluding hydrogens is 224 g/mol. The van der Waals surface area contributed by atoms with Crippen molar-refractivity contribution in [2.24, 2.45) is 0 Å². The van der Waals surface area contributed by atoms with E-state index in [0.29, 0.717) is 0 Å². The second-order valence-electron chi connectivity index (χ2n) is 4.73. The first-order valence-corrected chi connectivity index (χ1v) is 6.62. The fourth-order valence-electron chi connectivity index (χ4n) is 1.98. The summed E-state index contributed by atoms with van der Waals surface area (Å²) in [5.74, 6) is -2.58. The van der Waals surface area contributed by atoms with Gasteiger partial charge in [0.25, 0.3) is 5.92 Å². The first-order valence-electron chi connectivity index (χ1n) is 6.62. The number of hydrogen-bond donors (Lipinski definition) is 0. The Kier molecular flexibility index (Phi) is 7.88. The van der Waals surface area contributed by atoms with Crippen LogP contribution in [0.1, 0.15) is 47.5 Å². The second-order valence-corrected chi connectivity index (χ2v) is 4.73. The summed E-state index contributed by atoms with van der Waals surface area (Å²) in [7, 11) is 0. The molecule has 1 saturated heterocycles. The van der Waals surface area contributed by atoms with Crippen LogP contribution < -0.4 is 0 Å². The highest BCUT2D eigenvalue weighted by Gasteiger charge is 2.28. The van der Waals surface area contributed by atoms with Crippen LogP contribution in [0.15, 0.2) is 0 Å². The third-order valence-corrected chi connectivity index (χ3v) is 2.50. The Morgan fingerprint density at radius 3 is 2.06 bits per heavy atom. The lowest BCUT2D eigenvalue weighted by molar-refractivity contribution is -0.0555. The van der Waals surface area contributed by atoms with Crippen LogP contribution in [0, 0.1) is 0 Å². The van der Waals surface area contributed by atoms with Gasteiger partial charge >= 0.3 is 0 Å². The van der Waals surface area contributed by atoms with E-state index >= 15 is 0 Å². The number of likely N-dealkylation sites (tertiary alicyclic amines) is 1. The maximum atomic E-state index is 12.7. The number of halogens is 2. The summed E-state index contributed by atoms with van der Waals surface area (Å²) in [4.78, 5) is 1.82. The molecule has 17 heavy (non-hydrogen) atoms. The van der Waals surface area contributed by atoms with Gasteiger partial charge in [0.05, 0.1) is 18.8 Å². The normalized spacial score (nSPS) is 19.1. The van der Waals surface area contributed by atoms with Gasteiger partial charge in [0, 0.05) is 20.0 Å². The topological polar surface area (TPSA) is 12.5 Å². The summed E-state index contributed by atoms with van der Waals surface area (Å²) in [6.45, 7) is 10.3. The average molecular weight is 251 g/mol. The fraction of sp³-hybridized carbons (Fsp3) is 1.00. The molecule has 0 N–H and O–H groups in total. The first-order chi connectivity index (χ1) is 7.87. The van der Waals surface area contributed by atoms with Crippen molar-refractivity contribution in [1.29, 1.82) is 0 Å². The molecule has 0 aromatic rings. The van der Waals surface area contributed by atoms with E-state index in [1.165, 1.54) is 0 Å². The zero-order valence-electron chi connectivity index (χ0n) is 11.8. The largest absolute Gasteiger partial charge is 0.375 e. The Hall–Kier alpha value is -0.220. The van der Waals surface area contributed by atoms with E-state index in [1.54, 1.807) is 0 Å². The Bertz CT molecular complexity index is 184. The number of hydrogen-bond acceptors (Lipinski definition) is 2. The molecule has 0 spiro atoms. The van der Waals surface area contributed by atoms with Gasteiger partial charge in [-0.1, -0.05) is 13.8 Å². The van der Waals surface area contributed by atoms with Crippen molar-refractivity contribution in [1.82, 2.24) is 4.90 Å². The molecule has 104 valence electrons. The van der Waals surface area contributed by atoms with Crippen molar-refractivity contribution in [2.45, 2.75) is 65.6 Å². The molecule has 1 aliphatic heterocycles. The molecule has 0 radical (unpaired) electrons. The molecule has 1 rings (SSSR count). The lowest BCUT2D eigenvalue weighted by atomic mass is 10.1. The van der Waals surface area contributed by atoms with Crippen LogP contribution in [0.5, 0.6) is 0 Å². The summed E-state index contributed by atoms with van der Waals surface area (Å²) < 4.78 is 31.1. The van der Waals surface area contributed by atoms with Crippen molar-refractivity contribution in [3.63, 3.8) is 0 Å². The van der Waals surface area contributed by atoms with Crippen LogP contribution in [0.3, 0.4) is 0 Å². The molecular formula is C13H27F2NO. The highest BCUT2D eigenvalue weighted by molar-refractivity contribution is 4.76. The van der Waals surface area contributed by atoms with Crippen molar-refractivity contribution in [3.8, 4) is 0 Å². The van der Waals surface area contributed by atoms with Gasteiger partial charge in [-0.2, -0.15) is 0 Å². The van der Waals surface area contributed by atoms with E-state index in [4.69, 9.17) is 4.74 Å². The molecule has 0 unspecified atom stereocenters. The number of rotatable bonds is 4. The lowest BCUT2D eigenvalue weighted by Gasteiger charge is -2.33. The van der Waals surface area contributed by atoms with Gasteiger partial charge in [-0.15, -0.1) is 0 Å². The standard InChI is InChI=1S/C11H21F2NO.C2H6/c1-9(2)15-10-4-6-14(7-5-10)8-11(3,12)13;1-2/h9-10H,4-8H2,1-3H3;1-2H3. The average Bonchev–Trinajstić information content (AvgIpc) is 2.21. The maximum absolute atomic E-state index is 12.7. The minimum absolute atomic E-state index is 0.124. The van der Waals surface area contributed by atoms with Crippen LogP contribution in [-0.4, -0.2) is 42.7 Å². The van der Waals surface area contributed by atoms with Crippen LogP contribution in [0.4, 0.5) is 8.78 Å². The summed E-state index contributed by atoms with van der Waals surface area (Å²) in [6.07, 6.45) is 2.23. The third kappa shape index (κ3) is 8.50. The number of nitrogens with zero attached hydrogens (tertiary/aromatic N) is 1. The molecule has 0 atom stereocenters. The van der Waals surface area contributed by atoms with Gasteiger partial charge in [0.15, 0.2) is 0 Å². The van der Waals surface area contributed by atoms with Crippen LogP contribution in [-0.2, 0) is 4.74 Å². The predicted octanol–water partition coefficient (Wildman–Crippen LogP) is 3.56. The molecule has 1 aliphatic rings. The van der Waals surface area contributed by atoms with E-state index in [-0.39, 0.29) is 18.8 Å². The number of piperidine rings is 1. The van der Waals surface area contributed by atoms with E-state index in [0.717, 1.165) is 32.9 Å². The van der Waals surface area contributed by atoms with Crippen LogP contribution in [0.2, 0.25) is 0 Å². The van der Waals surface area contributed by atoms with Gasteiger partial charge in [0.2, 0.25) is 0 Å². The molecule has 2 nitrogen and oxygen atoms in total. The van der Waals surface area contributed by atoms with Crippen molar-refractivity contribution < 1.29 is 13.5 Å². The predicted molar refractivity (Wildman–Crippen MR) is 67.7 cm³/mol. The second kappa shape index (κ2) is 7.98. The van der Waals surface area contributed by atoms with Crippen molar-refractivity contribution >= 4 is 0 Å². The third-order valence-electron chi connectivity index (χ3n) is 2.50. The zero-order valence-corrected chi connectivity index (χ0v) is 11.8. The molecule has 0 aliphatic carbocycles. The van der Waals surface area contributed by atoms with E-state index in [2.05, 4.69) is 0 Å². The Labute approximate surface area is 104 Å². The van der Waals surface area contributed by atoms with Gasteiger partial charge < -0.3 is 4.74 Å². The Balaban J connectivity index is 0.00000121. The van der Waals surface area contributed by atoms with E-state index in [1.807, 2.05) is 32.6 Å². The highest BCUT2D eigenvalue weighted by Crippen LogP contribution is 2.19. The lowest BCUT2D eigenvalue weighted by Crippen LogP contribution is -2.42. The Morgan fingerprint density at radius 2 is 1.71 bits per heavy atom. The number of alkyl halides is 2.